The fourth-order valence-corrected chi connectivity index (χ4v) is 1.20. The zero-order chi connectivity index (χ0) is 5.28. The van der Waals surface area contributed by atoms with Gasteiger partial charge in [-0.15, -0.1) is 0 Å². The zero-order valence-electron chi connectivity index (χ0n) is 3.78. The van der Waals surface area contributed by atoms with Crippen LogP contribution in [-0.2, 0) is 4.79 Å². The van der Waals surface area contributed by atoms with Crippen molar-refractivity contribution >= 4 is 28.4 Å². The lowest BCUT2D eigenvalue weighted by atomic mass is 10.3. The summed E-state index contributed by atoms with van der Waals surface area (Å²) in [6, 6.07) is 0. The molecule has 0 aromatic heterocycles. The molecule has 0 aromatic rings. The van der Waals surface area contributed by atoms with Crippen LogP contribution in [0.1, 0.15) is 12.8 Å². The SMILES string of the molecule is O=C1CC=C(I)C1. The fraction of sp³-hybridized carbons (Fsp3) is 0.400. The van der Waals surface area contributed by atoms with Crippen molar-refractivity contribution in [3.05, 3.63) is 9.66 Å². The van der Waals surface area contributed by atoms with Crippen LogP contribution in [-0.4, -0.2) is 5.78 Å². The molecule has 0 radical (unpaired) electrons. The molecule has 0 atom stereocenters. The average molecular weight is 208 g/mol. The van der Waals surface area contributed by atoms with E-state index >= 15 is 0 Å². The Bertz CT molecular complexity index is 126. The number of carbonyl (C=O) groups is 1. The van der Waals surface area contributed by atoms with E-state index in [0.717, 1.165) is 0 Å². The summed E-state index contributed by atoms with van der Waals surface area (Å²) >= 11 is 2.19. The second-order valence-corrected chi connectivity index (χ2v) is 2.96. The van der Waals surface area contributed by atoms with E-state index in [2.05, 4.69) is 22.6 Å². The van der Waals surface area contributed by atoms with Crippen LogP contribution in [0.3, 0.4) is 0 Å². The van der Waals surface area contributed by atoms with Gasteiger partial charge in [0.05, 0.1) is 0 Å². The molecule has 0 bridgehead atoms. The maximum atomic E-state index is 10.4. The molecule has 1 rings (SSSR count). The van der Waals surface area contributed by atoms with Gasteiger partial charge in [-0.2, -0.15) is 0 Å². The lowest BCUT2D eigenvalue weighted by Gasteiger charge is -1.78. The van der Waals surface area contributed by atoms with Gasteiger partial charge in [0.1, 0.15) is 5.78 Å². The monoisotopic (exact) mass is 208 g/mol. The third-order valence-electron chi connectivity index (χ3n) is 0.917. The molecule has 1 aliphatic rings. The summed E-state index contributed by atoms with van der Waals surface area (Å²) in [5.74, 6) is 0.351. The number of allylic oxidation sites excluding steroid dienone is 2. The minimum atomic E-state index is 0.351. The van der Waals surface area contributed by atoms with Gasteiger partial charge in [0.25, 0.3) is 0 Å². The fourth-order valence-electron chi connectivity index (χ4n) is 0.557. The molecule has 0 aromatic carbocycles. The molecule has 0 unspecified atom stereocenters. The third-order valence-corrected chi connectivity index (χ3v) is 1.74. The van der Waals surface area contributed by atoms with E-state index in [9.17, 15) is 4.79 Å². The van der Waals surface area contributed by atoms with Crippen molar-refractivity contribution < 1.29 is 4.79 Å². The van der Waals surface area contributed by atoms with Crippen LogP contribution in [0.15, 0.2) is 9.66 Å². The molecule has 0 fully saturated rings. The van der Waals surface area contributed by atoms with E-state index in [1.165, 1.54) is 3.58 Å². The highest BCUT2D eigenvalue weighted by molar-refractivity contribution is 14.1. The first kappa shape index (κ1) is 5.28. The predicted octanol–water partition coefficient (Wildman–Crippen LogP) is 1.67. The second kappa shape index (κ2) is 1.94. The molecule has 0 N–H and O–H groups in total. The van der Waals surface area contributed by atoms with Crippen LogP contribution in [0.25, 0.3) is 0 Å². The molecule has 0 aliphatic heterocycles. The first-order valence-corrected chi connectivity index (χ1v) is 3.23. The van der Waals surface area contributed by atoms with Crippen molar-refractivity contribution in [1.29, 1.82) is 0 Å². The number of ketones is 1. The first-order valence-electron chi connectivity index (χ1n) is 2.15. The highest BCUT2D eigenvalue weighted by Gasteiger charge is 2.08. The zero-order valence-corrected chi connectivity index (χ0v) is 5.94. The molecule has 2 heteroatoms. The van der Waals surface area contributed by atoms with Gasteiger partial charge in [-0.25, -0.2) is 0 Å². The van der Waals surface area contributed by atoms with Crippen LogP contribution < -0.4 is 0 Å². The number of hydrogen-bond acceptors (Lipinski definition) is 1. The smallest absolute Gasteiger partial charge is 0.141 e. The van der Waals surface area contributed by atoms with Gasteiger partial charge in [0, 0.05) is 12.8 Å². The van der Waals surface area contributed by atoms with E-state index in [-0.39, 0.29) is 0 Å². The maximum Gasteiger partial charge on any atom is 0.141 e. The van der Waals surface area contributed by atoms with E-state index in [4.69, 9.17) is 0 Å². The molecule has 0 amide bonds. The van der Waals surface area contributed by atoms with Gasteiger partial charge in [0.2, 0.25) is 0 Å². The predicted molar refractivity (Wildman–Crippen MR) is 36.3 cm³/mol. The Kier molecular flexibility index (Phi) is 1.46. The van der Waals surface area contributed by atoms with E-state index in [1.807, 2.05) is 6.08 Å². The van der Waals surface area contributed by atoms with E-state index in [1.54, 1.807) is 0 Å². The third kappa shape index (κ3) is 1.26. The molecule has 7 heavy (non-hydrogen) atoms. The molecule has 0 saturated heterocycles. The number of halogens is 1. The van der Waals surface area contributed by atoms with Crippen molar-refractivity contribution in [3.8, 4) is 0 Å². The normalized spacial score (nSPS) is 20.1. The molecule has 38 valence electrons. The Balaban J connectivity index is 2.58. The van der Waals surface area contributed by atoms with Gasteiger partial charge in [-0.3, -0.25) is 4.79 Å². The Labute approximate surface area is 55.9 Å². The van der Waals surface area contributed by atoms with Gasteiger partial charge >= 0.3 is 0 Å². The summed E-state index contributed by atoms with van der Waals surface area (Å²) in [6.45, 7) is 0. The summed E-state index contributed by atoms with van der Waals surface area (Å²) in [5.41, 5.74) is 0. The standard InChI is InChI=1S/C5H5IO/c6-4-1-2-5(7)3-4/h1H,2-3H2. The summed E-state index contributed by atoms with van der Waals surface area (Å²) in [5, 5.41) is 0. The average Bonchev–Trinajstić information content (AvgIpc) is 1.87. The lowest BCUT2D eigenvalue weighted by Crippen LogP contribution is -1.84. The van der Waals surface area contributed by atoms with E-state index < -0.39 is 0 Å². The number of carbonyl (C=O) groups excluding carboxylic acids is 1. The second-order valence-electron chi connectivity index (χ2n) is 1.57. The summed E-state index contributed by atoms with van der Waals surface area (Å²) in [6.07, 6.45) is 3.32. The Hall–Kier alpha value is 0.140. The Morgan fingerprint density at radius 1 is 1.71 bits per heavy atom. The number of Topliss-reactive ketones (excluding diaryl/α,β-unsaturated/α-hetero) is 1. The molecular weight excluding hydrogens is 203 g/mol. The summed E-state index contributed by atoms with van der Waals surface area (Å²) < 4.78 is 1.20. The van der Waals surface area contributed by atoms with Gasteiger partial charge < -0.3 is 0 Å². The number of hydrogen-bond donors (Lipinski definition) is 0. The lowest BCUT2D eigenvalue weighted by molar-refractivity contribution is -0.116. The van der Waals surface area contributed by atoms with Crippen LogP contribution in [0.4, 0.5) is 0 Å². The van der Waals surface area contributed by atoms with Crippen LogP contribution in [0, 0.1) is 0 Å². The van der Waals surface area contributed by atoms with Crippen molar-refractivity contribution in [1.82, 2.24) is 0 Å². The molecule has 0 saturated carbocycles. The Morgan fingerprint density at radius 2 is 2.43 bits per heavy atom. The molecule has 1 nitrogen and oxygen atoms in total. The van der Waals surface area contributed by atoms with Crippen LogP contribution in [0.2, 0.25) is 0 Å². The minimum Gasteiger partial charge on any atom is -0.299 e. The van der Waals surface area contributed by atoms with Crippen molar-refractivity contribution in [2.24, 2.45) is 0 Å². The Morgan fingerprint density at radius 3 is 2.57 bits per heavy atom. The topological polar surface area (TPSA) is 17.1 Å². The minimum absolute atomic E-state index is 0.351. The maximum absolute atomic E-state index is 10.4. The van der Waals surface area contributed by atoms with Crippen LogP contribution in [0.5, 0.6) is 0 Å². The summed E-state index contributed by atoms with van der Waals surface area (Å²) in [4.78, 5) is 10.4. The molecule has 0 spiro atoms. The quantitative estimate of drug-likeness (QED) is 0.553. The first-order chi connectivity index (χ1) is 3.29. The van der Waals surface area contributed by atoms with Crippen LogP contribution >= 0.6 is 22.6 Å². The summed E-state index contributed by atoms with van der Waals surface area (Å²) in [7, 11) is 0. The van der Waals surface area contributed by atoms with Gasteiger partial charge in [-0.05, 0) is 26.2 Å². The van der Waals surface area contributed by atoms with Crippen molar-refractivity contribution in [2.45, 2.75) is 12.8 Å². The van der Waals surface area contributed by atoms with Crippen molar-refractivity contribution in [2.75, 3.05) is 0 Å². The molecular formula is C5H5IO. The molecule has 1 aliphatic carbocycles. The van der Waals surface area contributed by atoms with Gasteiger partial charge in [0.15, 0.2) is 0 Å². The molecule has 0 heterocycles. The largest absolute Gasteiger partial charge is 0.299 e. The highest BCUT2D eigenvalue weighted by Crippen LogP contribution is 2.19. The van der Waals surface area contributed by atoms with Crippen molar-refractivity contribution in [3.63, 3.8) is 0 Å². The van der Waals surface area contributed by atoms with E-state index in [0.29, 0.717) is 18.6 Å². The van der Waals surface area contributed by atoms with Gasteiger partial charge in [-0.1, -0.05) is 6.08 Å². The number of rotatable bonds is 0. The highest BCUT2D eigenvalue weighted by atomic mass is 127.